The monoisotopic (exact) mass is 307 g/mol. The van der Waals surface area contributed by atoms with Gasteiger partial charge >= 0.3 is 0 Å². The first-order chi connectivity index (χ1) is 8.69. The summed E-state index contributed by atoms with van der Waals surface area (Å²) in [5, 5.41) is 22.1. The van der Waals surface area contributed by atoms with Gasteiger partial charge in [0, 0.05) is 10.2 Å². The number of nitrogens with one attached hydrogen (secondary N) is 1. The molecule has 0 amide bonds. The lowest BCUT2D eigenvalue weighted by molar-refractivity contribution is 0.276. The molecule has 1 unspecified atom stereocenters. The zero-order valence-electron chi connectivity index (χ0n) is 9.68. The van der Waals surface area contributed by atoms with Crippen molar-refractivity contribution in [3.05, 3.63) is 58.6 Å². The second-order valence-corrected chi connectivity index (χ2v) is 4.90. The van der Waals surface area contributed by atoms with Crippen molar-refractivity contribution < 1.29 is 10.2 Å². The number of aromatic hydroxyl groups is 1. The number of aliphatic hydroxyl groups excluding tert-OH is 1. The summed E-state index contributed by atoms with van der Waals surface area (Å²) in [6, 6.07) is 14.4. The summed E-state index contributed by atoms with van der Waals surface area (Å²) in [6.45, 7) is -0.0457. The molecule has 0 heterocycles. The van der Waals surface area contributed by atoms with Crippen LogP contribution in [0.4, 0.5) is 5.69 Å². The first kappa shape index (κ1) is 12.9. The molecule has 4 heteroatoms. The van der Waals surface area contributed by atoms with E-state index in [-0.39, 0.29) is 18.4 Å². The lowest BCUT2D eigenvalue weighted by Gasteiger charge is -2.18. The van der Waals surface area contributed by atoms with Gasteiger partial charge in [-0.3, -0.25) is 0 Å². The van der Waals surface area contributed by atoms with Crippen LogP contribution < -0.4 is 5.32 Å². The number of halogens is 1. The van der Waals surface area contributed by atoms with E-state index in [4.69, 9.17) is 0 Å². The van der Waals surface area contributed by atoms with Gasteiger partial charge in [0.15, 0.2) is 0 Å². The zero-order chi connectivity index (χ0) is 13.0. The summed E-state index contributed by atoms with van der Waals surface area (Å²) in [6.07, 6.45) is 0. The summed E-state index contributed by atoms with van der Waals surface area (Å²) in [5.41, 5.74) is 1.75. The average Bonchev–Trinajstić information content (AvgIpc) is 2.36. The van der Waals surface area contributed by atoms with Crippen molar-refractivity contribution in [3.8, 4) is 5.75 Å². The fourth-order valence-corrected chi connectivity index (χ4v) is 2.15. The van der Waals surface area contributed by atoms with Crippen molar-refractivity contribution in [2.24, 2.45) is 0 Å². The Morgan fingerprint density at radius 1 is 1.11 bits per heavy atom. The number of aliphatic hydroxyl groups is 1. The van der Waals surface area contributed by atoms with E-state index < -0.39 is 0 Å². The molecular formula is C14H14BrNO2. The van der Waals surface area contributed by atoms with Crippen molar-refractivity contribution in [2.75, 3.05) is 11.9 Å². The Hall–Kier alpha value is -1.52. The molecule has 1 atom stereocenters. The van der Waals surface area contributed by atoms with Gasteiger partial charge in [-0.15, -0.1) is 0 Å². The van der Waals surface area contributed by atoms with Crippen molar-refractivity contribution in [1.82, 2.24) is 0 Å². The first-order valence-electron chi connectivity index (χ1n) is 5.61. The highest BCUT2D eigenvalue weighted by molar-refractivity contribution is 9.10. The Balaban J connectivity index is 2.19. The van der Waals surface area contributed by atoms with Crippen LogP contribution in [0.3, 0.4) is 0 Å². The van der Waals surface area contributed by atoms with Gasteiger partial charge in [0.2, 0.25) is 0 Å². The largest absolute Gasteiger partial charge is 0.508 e. The second kappa shape index (κ2) is 5.89. The Morgan fingerprint density at radius 2 is 1.89 bits per heavy atom. The zero-order valence-corrected chi connectivity index (χ0v) is 11.3. The van der Waals surface area contributed by atoms with Crippen LogP contribution in [0.25, 0.3) is 0 Å². The lowest BCUT2D eigenvalue weighted by atomic mass is 10.1. The molecular weight excluding hydrogens is 294 g/mol. The van der Waals surface area contributed by atoms with Crippen LogP contribution in [0.1, 0.15) is 11.6 Å². The molecule has 2 aromatic rings. The van der Waals surface area contributed by atoms with Gasteiger partial charge in [-0.2, -0.15) is 0 Å². The maximum Gasteiger partial charge on any atom is 0.115 e. The normalized spacial score (nSPS) is 12.1. The van der Waals surface area contributed by atoms with E-state index in [9.17, 15) is 10.2 Å². The molecule has 0 aliphatic rings. The number of hydrogen-bond acceptors (Lipinski definition) is 3. The molecule has 94 valence electrons. The van der Waals surface area contributed by atoms with Crippen molar-refractivity contribution in [3.63, 3.8) is 0 Å². The molecule has 3 nitrogen and oxygen atoms in total. The van der Waals surface area contributed by atoms with Gasteiger partial charge in [0.1, 0.15) is 5.75 Å². The number of rotatable bonds is 4. The maximum absolute atomic E-state index is 9.45. The molecule has 0 aliphatic heterocycles. The van der Waals surface area contributed by atoms with Crippen molar-refractivity contribution in [1.29, 1.82) is 0 Å². The Labute approximate surface area is 114 Å². The molecule has 0 saturated heterocycles. The Kier molecular flexibility index (Phi) is 4.23. The van der Waals surface area contributed by atoms with Crippen molar-refractivity contribution in [2.45, 2.75) is 6.04 Å². The van der Waals surface area contributed by atoms with E-state index >= 15 is 0 Å². The minimum Gasteiger partial charge on any atom is -0.508 e. The minimum absolute atomic E-state index is 0.0457. The Morgan fingerprint density at radius 3 is 2.56 bits per heavy atom. The third-order valence-electron chi connectivity index (χ3n) is 2.62. The molecule has 0 bridgehead atoms. The molecule has 0 radical (unpaired) electrons. The van der Waals surface area contributed by atoms with E-state index in [1.165, 1.54) is 0 Å². The molecule has 2 rings (SSSR count). The van der Waals surface area contributed by atoms with E-state index in [2.05, 4.69) is 21.2 Å². The summed E-state index contributed by atoms with van der Waals surface area (Å²) in [7, 11) is 0. The van der Waals surface area contributed by atoms with Gasteiger partial charge in [-0.05, 0) is 35.9 Å². The molecule has 0 saturated carbocycles. The molecule has 3 N–H and O–H groups in total. The highest BCUT2D eigenvalue weighted by Crippen LogP contribution is 2.24. The van der Waals surface area contributed by atoms with E-state index in [0.717, 1.165) is 15.7 Å². The summed E-state index contributed by atoms with van der Waals surface area (Å²) in [4.78, 5) is 0. The maximum atomic E-state index is 9.45. The summed E-state index contributed by atoms with van der Waals surface area (Å²) >= 11 is 3.40. The van der Waals surface area contributed by atoms with Crippen LogP contribution in [0.5, 0.6) is 5.75 Å². The Bertz CT molecular complexity index is 531. The molecule has 0 spiro atoms. The van der Waals surface area contributed by atoms with Crippen LogP contribution in [-0.4, -0.2) is 16.8 Å². The van der Waals surface area contributed by atoms with Gasteiger partial charge in [0.25, 0.3) is 0 Å². The number of benzene rings is 2. The fourth-order valence-electron chi connectivity index (χ4n) is 1.76. The molecule has 0 fully saturated rings. The smallest absolute Gasteiger partial charge is 0.115 e. The molecule has 2 aromatic carbocycles. The lowest BCUT2D eigenvalue weighted by Crippen LogP contribution is -2.14. The van der Waals surface area contributed by atoms with Gasteiger partial charge in [-0.1, -0.05) is 34.1 Å². The molecule has 0 aromatic heterocycles. The highest BCUT2D eigenvalue weighted by Gasteiger charge is 2.10. The average molecular weight is 308 g/mol. The standard InChI is InChI=1S/C14H14BrNO2/c15-11-4-2-5-12(8-11)16-14(9-17)10-3-1-6-13(18)7-10/h1-8,14,16-18H,9H2. The van der Waals surface area contributed by atoms with Gasteiger partial charge in [0.05, 0.1) is 12.6 Å². The second-order valence-electron chi connectivity index (χ2n) is 3.98. The van der Waals surface area contributed by atoms with Crippen LogP contribution in [-0.2, 0) is 0 Å². The van der Waals surface area contributed by atoms with E-state index in [0.29, 0.717) is 0 Å². The summed E-state index contributed by atoms with van der Waals surface area (Å²) < 4.78 is 0.972. The third-order valence-corrected chi connectivity index (χ3v) is 3.11. The minimum atomic E-state index is -0.244. The number of phenolic OH excluding ortho intramolecular Hbond substituents is 1. The topological polar surface area (TPSA) is 52.5 Å². The number of phenols is 1. The van der Waals surface area contributed by atoms with Gasteiger partial charge < -0.3 is 15.5 Å². The number of hydrogen-bond donors (Lipinski definition) is 3. The van der Waals surface area contributed by atoms with Crippen molar-refractivity contribution >= 4 is 21.6 Å². The molecule has 18 heavy (non-hydrogen) atoms. The highest BCUT2D eigenvalue weighted by atomic mass is 79.9. The first-order valence-corrected chi connectivity index (χ1v) is 6.40. The van der Waals surface area contributed by atoms with Crippen LogP contribution >= 0.6 is 15.9 Å². The predicted octanol–water partition coefficient (Wildman–Crippen LogP) is 3.30. The molecule has 0 aliphatic carbocycles. The van der Waals surface area contributed by atoms with E-state index in [1.807, 2.05) is 30.3 Å². The third kappa shape index (κ3) is 3.24. The van der Waals surface area contributed by atoms with Gasteiger partial charge in [-0.25, -0.2) is 0 Å². The predicted molar refractivity (Wildman–Crippen MR) is 75.7 cm³/mol. The van der Waals surface area contributed by atoms with Crippen LogP contribution in [0, 0.1) is 0 Å². The number of anilines is 1. The quantitative estimate of drug-likeness (QED) is 0.812. The van der Waals surface area contributed by atoms with Crippen LogP contribution in [0.15, 0.2) is 53.0 Å². The van der Waals surface area contributed by atoms with Crippen LogP contribution in [0.2, 0.25) is 0 Å². The SMILES string of the molecule is OCC(Nc1cccc(Br)c1)c1cccc(O)c1. The van der Waals surface area contributed by atoms with E-state index in [1.54, 1.807) is 18.2 Å². The fraction of sp³-hybridized carbons (Fsp3) is 0.143. The summed E-state index contributed by atoms with van der Waals surface area (Å²) in [5.74, 6) is 0.196.